The maximum atomic E-state index is 12.2. The Morgan fingerprint density at radius 2 is 1.82 bits per heavy atom. The Labute approximate surface area is 104 Å². The van der Waals surface area contributed by atoms with E-state index in [0.717, 1.165) is 24.8 Å². The van der Waals surface area contributed by atoms with Gasteiger partial charge in [-0.3, -0.25) is 4.79 Å². The minimum Gasteiger partial charge on any atom is -0.294 e. The average Bonchev–Trinajstić information content (AvgIpc) is 2.91. The molecule has 1 unspecified atom stereocenters. The van der Waals surface area contributed by atoms with Crippen LogP contribution < -0.4 is 0 Å². The molecule has 0 radical (unpaired) electrons. The molecule has 1 saturated carbocycles. The molecule has 0 amide bonds. The van der Waals surface area contributed by atoms with Crippen LogP contribution in [-0.4, -0.2) is 5.78 Å². The summed E-state index contributed by atoms with van der Waals surface area (Å²) in [5, 5.41) is 0. The van der Waals surface area contributed by atoms with E-state index >= 15 is 0 Å². The van der Waals surface area contributed by atoms with Gasteiger partial charge in [0.15, 0.2) is 5.78 Å². The molecule has 1 aliphatic rings. The first-order valence-electron chi connectivity index (χ1n) is 6.86. The van der Waals surface area contributed by atoms with Crippen molar-refractivity contribution in [3.63, 3.8) is 0 Å². The number of ketones is 1. The molecule has 1 aromatic carbocycles. The van der Waals surface area contributed by atoms with E-state index in [4.69, 9.17) is 0 Å². The van der Waals surface area contributed by atoms with Gasteiger partial charge in [-0.25, -0.2) is 0 Å². The molecule has 1 atom stereocenters. The molecule has 0 bridgehead atoms. The van der Waals surface area contributed by atoms with Crippen LogP contribution in [0.25, 0.3) is 0 Å². The van der Waals surface area contributed by atoms with E-state index in [1.165, 1.54) is 18.4 Å². The molecule has 1 aromatic rings. The zero-order valence-corrected chi connectivity index (χ0v) is 10.9. The minimum atomic E-state index is 0.296. The van der Waals surface area contributed by atoms with E-state index < -0.39 is 0 Å². The van der Waals surface area contributed by atoms with Crippen LogP contribution >= 0.6 is 0 Å². The molecule has 1 heteroatoms. The number of carbonyl (C=O) groups excluding carboxylic acids is 1. The van der Waals surface area contributed by atoms with Gasteiger partial charge in [0.05, 0.1) is 0 Å². The molecule has 17 heavy (non-hydrogen) atoms. The molecular formula is C16H22O. The Kier molecular flexibility index (Phi) is 3.98. The summed E-state index contributed by atoms with van der Waals surface area (Å²) in [7, 11) is 0. The van der Waals surface area contributed by atoms with Gasteiger partial charge < -0.3 is 0 Å². The number of hydrogen-bond donors (Lipinski definition) is 0. The van der Waals surface area contributed by atoms with Crippen LogP contribution in [0.1, 0.15) is 67.8 Å². The van der Waals surface area contributed by atoms with Crippen LogP contribution in [0.3, 0.4) is 0 Å². The van der Waals surface area contributed by atoms with E-state index in [9.17, 15) is 4.79 Å². The molecular weight excluding hydrogens is 208 g/mol. The second kappa shape index (κ2) is 5.48. The van der Waals surface area contributed by atoms with Crippen molar-refractivity contribution >= 4 is 5.78 Å². The molecule has 1 fully saturated rings. The SMILES string of the molecule is CCC(C)c1ccc(C(=O)C2CCCC2)cc1. The monoisotopic (exact) mass is 230 g/mol. The molecule has 1 nitrogen and oxygen atoms in total. The molecule has 0 aromatic heterocycles. The van der Waals surface area contributed by atoms with Gasteiger partial charge in [-0.15, -0.1) is 0 Å². The van der Waals surface area contributed by atoms with E-state index in [0.29, 0.717) is 17.6 Å². The average molecular weight is 230 g/mol. The highest BCUT2D eigenvalue weighted by molar-refractivity contribution is 5.98. The highest BCUT2D eigenvalue weighted by Gasteiger charge is 2.23. The second-order valence-corrected chi connectivity index (χ2v) is 5.28. The summed E-state index contributed by atoms with van der Waals surface area (Å²) in [6.45, 7) is 4.43. The molecule has 0 spiro atoms. The Morgan fingerprint density at radius 1 is 1.24 bits per heavy atom. The minimum absolute atomic E-state index is 0.296. The highest BCUT2D eigenvalue weighted by atomic mass is 16.1. The number of Topliss-reactive ketones (excluding diaryl/α,β-unsaturated/α-hetero) is 1. The van der Waals surface area contributed by atoms with Gasteiger partial charge in [-0.1, -0.05) is 51.0 Å². The number of hydrogen-bond acceptors (Lipinski definition) is 1. The zero-order chi connectivity index (χ0) is 12.3. The number of benzene rings is 1. The summed E-state index contributed by atoms with van der Waals surface area (Å²) in [5.74, 6) is 1.24. The second-order valence-electron chi connectivity index (χ2n) is 5.28. The topological polar surface area (TPSA) is 17.1 Å². The van der Waals surface area contributed by atoms with Crippen molar-refractivity contribution in [3.05, 3.63) is 35.4 Å². The smallest absolute Gasteiger partial charge is 0.165 e. The fourth-order valence-electron chi connectivity index (χ4n) is 2.64. The summed E-state index contributed by atoms with van der Waals surface area (Å²) in [6, 6.07) is 8.27. The maximum Gasteiger partial charge on any atom is 0.165 e. The normalized spacial score (nSPS) is 18.2. The van der Waals surface area contributed by atoms with Gasteiger partial charge in [0.25, 0.3) is 0 Å². The van der Waals surface area contributed by atoms with Crippen LogP contribution in [-0.2, 0) is 0 Å². The van der Waals surface area contributed by atoms with Gasteiger partial charge >= 0.3 is 0 Å². The van der Waals surface area contributed by atoms with E-state index in [2.05, 4.69) is 26.0 Å². The Balaban J connectivity index is 2.09. The number of carbonyl (C=O) groups is 1. The maximum absolute atomic E-state index is 12.2. The van der Waals surface area contributed by atoms with Crippen LogP contribution in [0.15, 0.2) is 24.3 Å². The number of rotatable bonds is 4. The van der Waals surface area contributed by atoms with Gasteiger partial charge in [0.2, 0.25) is 0 Å². The van der Waals surface area contributed by atoms with E-state index in [1.807, 2.05) is 12.1 Å². The van der Waals surface area contributed by atoms with Crippen molar-refractivity contribution in [2.75, 3.05) is 0 Å². The van der Waals surface area contributed by atoms with Gasteiger partial charge in [-0.2, -0.15) is 0 Å². The molecule has 0 saturated heterocycles. The predicted octanol–water partition coefficient (Wildman–Crippen LogP) is 4.57. The first-order valence-corrected chi connectivity index (χ1v) is 6.86. The Bertz CT molecular complexity index is 371. The predicted molar refractivity (Wildman–Crippen MR) is 71.4 cm³/mol. The van der Waals surface area contributed by atoms with Gasteiger partial charge in [-0.05, 0) is 30.7 Å². The molecule has 2 rings (SSSR count). The molecule has 0 aliphatic heterocycles. The quantitative estimate of drug-likeness (QED) is 0.692. The Morgan fingerprint density at radius 3 is 2.35 bits per heavy atom. The van der Waals surface area contributed by atoms with Gasteiger partial charge in [0, 0.05) is 11.5 Å². The molecule has 92 valence electrons. The molecule has 0 heterocycles. The standard InChI is InChI=1S/C16H22O/c1-3-12(2)13-8-10-15(11-9-13)16(17)14-6-4-5-7-14/h8-12,14H,3-7H2,1-2H3. The van der Waals surface area contributed by atoms with Crippen molar-refractivity contribution in [3.8, 4) is 0 Å². The van der Waals surface area contributed by atoms with Crippen molar-refractivity contribution in [1.82, 2.24) is 0 Å². The fraction of sp³-hybridized carbons (Fsp3) is 0.562. The first kappa shape index (κ1) is 12.3. The zero-order valence-electron chi connectivity index (χ0n) is 10.9. The largest absolute Gasteiger partial charge is 0.294 e. The van der Waals surface area contributed by atoms with Crippen molar-refractivity contribution in [2.24, 2.45) is 5.92 Å². The third kappa shape index (κ3) is 2.77. The Hall–Kier alpha value is -1.11. The van der Waals surface area contributed by atoms with Gasteiger partial charge in [0.1, 0.15) is 0 Å². The van der Waals surface area contributed by atoms with Crippen LogP contribution in [0.2, 0.25) is 0 Å². The summed E-state index contributed by atoms with van der Waals surface area (Å²) < 4.78 is 0. The van der Waals surface area contributed by atoms with Crippen LogP contribution in [0.4, 0.5) is 0 Å². The van der Waals surface area contributed by atoms with E-state index in [-0.39, 0.29) is 0 Å². The summed E-state index contributed by atoms with van der Waals surface area (Å²) in [5.41, 5.74) is 2.25. The molecule has 1 aliphatic carbocycles. The lowest BCUT2D eigenvalue weighted by molar-refractivity contribution is 0.0923. The van der Waals surface area contributed by atoms with E-state index in [1.54, 1.807) is 0 Å². The van der Waals surface area contributed by atoms with Crippen molar-refractivity contribution in [1.29, 1.82) is 0 Å². The lowest BCUT2D eigenvalue weighted by atomic mass is 9.93. The van der Waals surface area contributed by atoms with Crippen molar-refractivity contribution in [2.45, 2.75) is 51.9 Å². The third-order valence-corrected chi connectivity index (χ3v) is 4.10. The lowest BCUT2D eigenvalue weighted by Gasteiger charge is -2.11. The lowest BCUT2D eigenvalue weighted by Crippen LogP contribution is -2.10. The van der Waals surface area contributed by atoms with Crippen molar-refractivity contribution < 1.29 is 4.79 Å². The molecule has 0 N–H and O–H groups in total. The summed E-state index contributed by atoms with van der Waals surface area (Å²) in [6.07, 6.45) is 5.77. The first-order chi connectivity index (χ1) is 8.22. The summed E-state index contributed by atoms with van der Waals surface area (Å²) in [4.78, 5) is 12.2. The fourth-order valence-corrected chi connectivity index (χ4v) is 2.64. The van der Waals surface area contributed by atoms with Crippen LogP contribution in [0.5, 0.6) is 0 Å². The summed E-state index contributed by atoms with van der Waals surface area (Å²) >= 11 is 0. The van der Waals surface area contributed by atoms with Crippen LogP contribution in [0, 0.1) is 5.92 Å². The highest BCUT2D eigenvalue weighted by Crippen LogP contribution is 2.28. The third-order valence-electron chi connectivity index (χ3n) is 4.10.